The molecule has 0 fully saturated rings. The molecule has 0 saturated carbocycles. The van der Waals surface area contributed by atoms with E-state index in [1.54, 1.807) is 0 Å². The number of nitrogens with one attached hydrogen (secondary N) is 1. The number of hydrogen-bond acceptors (Lipinski definition) is 4. The van der Waals surface area contributed by atoms with Crippen LogP contribution in [0.1, 0.15) is 39.5 Å². The first-order chi connectivity index (χ1) is 8.72. The topological polar surface area (TPSA) is 73.6 Å². The zero-order valence-corrected chi connectivity index (χ0v) is 11.7. The zero-order valence-electron chi connectivity index (χ0n) is 11.7. The number of ether oxygens (including phenoxy) is 2. The van der Waals surface area contributed by atoms with Crippen molar-refractivity contribution in [2.24, 2.45) is 5.73 Å². The van der Waals surface area contributed by atoms with Crippen molar-refractivity contribution in [3.63, 3.8) is 0 Å². The SMILES string of the molecule is CCCCOCCOCCC(NCCC)C(N)=O. The Morgan fingerprint density at radius 1 is 1.11 bits per heavy atom. The molecule has 0 saturated heterocycles. The maximum atomic E-state index is 11.1. The molecule has 1 atom stereocenters. The monoisotopic (exact) mass is 260 g/mol. The first-order valence-corrected chi connectivity index (χ1v) is 6.90. The van der Waals surface area contributed by atoms with E-state index in [4.69, 9.17) is 15.2 Å². The van der Waals surface area contributed by atoms with Crippen molar-refractivity contribution >= 4 is 5.91 Å². The molecule has 1 amide bonds. The van der Waals surface area contributed by atoms with Gasteiger partial charge in [0.15, 0.2) is 0 Å². The third-order valence-corrected chi connectivity index (χ3v) is 2.55. The van der Waals surface area contributed by atoms with Crippen LogP contribution >= 0.6 is 0 Å². The molecule has 0 aliphatic heterocycles. The molecule has 0 aliphatic carbocycles. The van der Waals surface area contributed by atoms with Gasteiger partial charge in [-0.3, -0.25) is 4.79 Å². The molecular weight excluding hydrogens is 232 g/mol. The summed E-state index contributed by atoms with van der Waals surface area (Å²) in [5, 5.41) is 3.10. The summed E-state index contributed by atoms with van der Waals surface area (Å²) in [5.74, 6) is -0.314. The highest BCUT2D eigenvalue weighted by atomic mass is 16.5. The number of primary amides is 1. The van der Waals surface area contributed by atoms with Crippen molar-refractivity contribution in [1.29, 1.82) is 0 Å². The van der Waals surface area contributed by atoms with Gasteiger partial charge in [-0.15, -0.1) is 0 Å². The molecule has 0 radical (unpaired) electrons. The fourth-order valence-electron chi connectivity index (χ4n) is 1.43. The first-order valence-electron chi connectivity index (χ1n) is 6.90. The van der Waals surface area contributed by atoms with Crippen LogP contribution in [0.2, 0.25) is 0 Å². The van der Waals surface area contributed by atoms with E-state index in [1.165, 1.54) is 0 Å². The summed E-state index contributed by atoms with van der Waals surface area (Å²) in [4.78, 5) is 11.1. The minimum atomic E-state index is -0.314. The molecule has 0 aromatic heterocycles. The van der Waals surface area contributed by atoms with Crippen LogP contribution in [0.15, 0.2) is 0 Å². The van der Waals surface area contributed by atoms with Crippen molar-refractivity contribution < 1.29 is 14.3 Å². The van der Waals surface area contributed by atoms with Gasteiger partial charge in [-0.25, -0.2) is 0 Å². The van der Waals surface area contributed by atoms with E-state index in [0.29, 0.717) is 26.2 Å². The Hall–Kier alpha value is -0.650. The molecule has 0 rings (SSSR count). The number of rotatable bonds is 13. The van der Waals surface area contributed by atoms with Gasteiger partial charge in [0.1, 0.15) is 0 Å². The van der Waals surface area contributed by atoms with Gasteiger partial charge >= 0.3 is 0 Å². The number of carbonyl (C=O) groups excluding carboxylic acids is 1. The number of amides is 1. The second-order valence-electron chi connectivity index (χ2n) is 4.28. The Balaban J connectivity index is 3.40. The second-order valence-corrected chi connectivity index (χ2v) is 4.28. The summed E-state index contributed by atoms with van der Waals surface area (Å²) in [7, 11) is 0. The van der Waals surface area contributed by atoms with Crippen LogP contribution in [-0.4, -0.2) is 44.9 Å². The molecule has 3 N–H and O–H groups in total. The lowest BCUT2D eigenvalue weighted by Gasteiger charge is -2.14. The minimum Gasteiger partial charge on any atom is -0.379 e. The normalized spacial score (nSPS) is 12.6. The lowest BCUT2D eigenvalue weighted by molar-refractivity contribution is -0.120. The van der Waals surface area contributed by atoms with Crippen LogP contribution < -0.4 is 11.1 Å². The van der Waals surface area contributed by atoms with E-state index >= 15 is 0 Å². The average Bonchev–Trinajstić information content (AvgIpc) is 2.35. The molecule has 18 heavy (non-hydrogen) atoms. The number of unbranched alkanes of at least 4 members (excludes halogenated alkanes) is 1. The largest absolute Gasteiger partial charge is 0.379 e. The van der Waals surface area contributed by atoms with Gasteiger partial charge < -0.3 is 20.5 Å². The first kappa shape index (κ1) is 17.4. The van der Waals surface area contributed by atoms with E-state index in [1.807, 2.05) is 0 Å². The van der Waals surface area contributed by atoms with Crippen molar-refractivity contribution in [3.8, 4) is 0 Å². The Bertz CT molecular complexity index is 201. The minimum absolute atomic E-state index is 0.286. The maximum Gasteiger partial charge on any atom is 0.234 e. The van der Waals surface area contributed by atoms with E-state index in [-0.39, 0.29) is 11.9 Å². The van der Waals surface area contributed by atoms with Gasteiger partial charge in [0.2, 0.25) is 5.91 Å². The van der Waals surface area contributed by atoms with Gasteiger partial charge in [-0.05, 0) is 25.8 Å². The van der Waals surface area contributed by atoms with Crippen LogP contribution in [0, 0.1) is 0 Å². The lowest BCUT2D eigenvalue weighted by Crippen LogP contribution is -2.42. The molecule has 0 spiro atoms. The van der Waals surface area contributed by atoms with Crippen LogP contribution in [0.25, 0.3) is 0 Å². The van der Waals surface area contributed by atoms with Crippen molar-refractivity contribution in [2.75, 3.05) is 33.0 Å². The predicted octanol–water partition coefficient (Wildman–Crippen LogP) is 1.06. The van der Waals surface area contributed by atoms with E-state index in [2.05, 4.69) is 19.2 Å². The third-order valence-electron chi connectivity index (χ3n) is 2.55. The number of hydrogen-bond donors (Lipinski definition) is 2. The fraction of sp³-hybridized carbons (Fsp3) is 0.923. The summed E-state index contributed by atoms with van der Waals surface area (Å²) >= 11 is 0. The Kier molecular flexibility index (Phi) is 12.3. The highest BCUT2D eigenvalue weighted by Gasteiger charge is 2.13. The van der Waals surface area contributed by atoms with Crippen molar-refractivity contribution in [2.45, 2.75) is 45.6 Å². The lowest BCUT2D eigenvalue weighted by atomic mass is 10.2. The van der Waals surface area contributed by atoms with Gasteiger partial charge in [-0.1, -0.05) is 20.3 Å². The highest BCUT2D eigenvalue weighted by molar-refractivity contribution is 5.79. The Morgan fingerprint density at radius 2 is 1.78 bits per heavy atom. The standard InChI is InChI=1S/C13H28N2O3/c1-3-5-8-17-10-11-18-9-6-12(13(14)16)15-7-4-2/h12,15H,3-11H2,1-2H3,(H2,14,16). The molecule has 1 unspecified atom stereocenters. The molecule has 5 nitrogen and oxygen atoms in total. The van der Waals surface area contributed by atoms with Gasteiger partial charge in [-0.2, -0.15) is 0 Å². The molecule has 0 aromatic rings. The van der Waals surface area contributed by atoms with Crippen LogP contribution in [-0.2, 0) is 14.3 Å². The molecule has 0 heterocycles. The Morgan fingerprint density at radius 3 is 2.33 bits per heavy atom. The summed E-state index contributed by atoms with van der Waals surface area (Å²) in [6, 6.07) is -0.286. The second kappa shape index (κ2) is 12.8. The molecule has 0 aliphatic rings. The van der Waals surface area contributed by atoms with Gasteiger partial charge in [0, 0.05) is 13.2 Å². The summed E-state index contributed by atoms with van der Waals surface area (Å²) in [5.41, 5.74) is 5.29. The van der Waals surface area contributed by atoms with Crippen LogP contribution in [0.4, 0.5) is 0 Å². The number of nitrogens with two attached hydrogens (primary N) is 1. The Labute approximate surface area is 110 Å². The van der Waals surface area contributed by atoms with E-state index in [9.17, 15) is 4.79 Å². The van der Waals surface area contributed by atoms with Crippen molar-refractivity contribution in [1.82, 2.24) is 5.32 Å². The van der Waals surface area contributed by atoms with Gasteiger partial charge in [0.05, 0.1) is 19.3 Å². The average molecular weight is 260 g/mol. The highest BCUT2D eigenvalue weighted by Crippen LogP contribution is 1.94. The molecule has 0 bridgehead atoms. The quantitative estimate of drug-likeness (QED) is 0.486. The molecule has 5 heteroatoms. The van der Waals surface area contributed by atoms with E-state index < -0.39 is 0 Å². The summed E-state index contributed by atoms with van der Waals surface area (Å²) < 4.78 is 10.8. The molecule has 108 valence electrons. The van der Waals surface area contributed by atoms with Crippen LogP contribution in [0.3, 0.4) is 0 Å². The van der Waals surface area contributed by atoms with Crippen LogP contribution in [0.5, 0.6) is 0 Å². The third kappa shape index (κ3) is 10.5. The zero-order chi connectivity index (χ0) is 13.6. The smallest absolute Gasteiger partial charge is 0.234 e. The van der Waals surface area contributed by atoms with Gasteiger partial charge in [0.25, 0.3) is 0 Å². The van der Waals surface area contributed by atoms with Crippen molar-refractivity contribution in [3.05, 3.63) is 0 Å². The molecular formula is C13H28N2O3. The predicted molar refractivity (Wildman–Crippen MR) is 72.4 cm³/mol. The molecule has 0 aromatic carbocycles. The summed E-state index contributed by atoms with van der Waals surface area (Å²) in [6.07, 6.45) is 3.83. The fourth-order valence-corrected chi connectivity index (χ4v) is 1.43. The number of carbonyl (C=O) groups is 1. The van der Waals surface area contributed by atoms with E-state index in [0.717, 1.165) is 32.4 Å². The summed E-state index contributed by atoms with van der Waals surface area (Å²) in [6.45, 7) is 7.49. The maximum absolute atomic E-state index is 11.1.